The van der Waals surface area contributed by atoms with Gasteiger partial charge in [0, 0.05) is 5.39 Å². The quantitative estimate of drug-likeness (QED) is 0.491. The van der Waals surface area contributed by atoms with Gasteiger partial charge in [0.25, 0.3) is 0 Å². The lowest BCUT2D eigenvalue weighted by atomic mass is 10.1. The van der Waals surface area contributed by atoms with Gasteiger partial charge < -0.3 is 5.32 Å². The van der Waals surface area contributed by atoms with E-state index in [1.807, 2.05) is 36.4 Å². The van der Waals surface area contributed by atoms with Crippen LogP contribution >= 0.6 is 0 Å². The Balaban J connectivity index is 2.46. The van der Waals surface area contributed by atoms with Crippen LogP contribution in [0.4, 0.5) is 10.5 Å². The topological polar surface area (TPSA) is 61.4 Å². The highest BCUT2D eigenvalue weighted by atomic mass is 16.5. The van der Waals surface area contributed by atoms with E-state index >= 15 is 0 Å². The van der Waals surface area contributed by atoms with Crippen LogP contribution in [0.5, 0.6) is 0 Å². The van der Waals surface area contributed by atoms with E-state index in [0.29, 0.717) is 5.69 Å². The lowest BCUT2D eigenvalue weighted by Gasteiger charge is -2.07. The minimum Gasteiger partial charge on any atom is -0.306 e. The van der Waals surface area contributed by atoms with Gasteiger partial charge in [0.2, 0.25) is 0 Å². The molecule has 0 saturated heterocycles. The van der Waals surface area contributed by atoms with Gasteiger partial charge >= 0.3 is 6.03 Å². The van der Waals surface area contributed by atoms with Gasteiger partial charge in [0.1, 0.15) is 0 Å². The van der Waals surface area contributed by atoms with E-state index in [-0.39, 0.29) is 0 Å². The minimum absolute atomic E-state index is 0.647. The highest BCUT2D eigenvalue weighted by Crippen LogP contribution is 2.22. The molecule has 15 heavy (non-hydrogen) atoms. The molecule has 0 fully saturated rings. The third-order valence-electron chi connectivity index (χ3n) is 2.14. The average molecular weight is 202 g/mol. The molecule has 3 N–H and O–H groups in total. The van der Waals surface area contributed by atoms with E-state index in [1.165, 1.54) is 5.48 Å². The van der Waals surface area contributed by atoms with Crippen molar-refractivity contribution in [3.8, 4) is 0 Å². The van der Waals surface area contributed by atoms with Crippen LogP contribution in [0.2, 0.25) is 0 Å². The Hall–Kier alpha value is -2.07. The first kappa shape index (κ1) is 9.48. The molecule has 0 aliphatic rings. The van der Waals surface area contributed by atoms with Crippen molar-refractivity contribution >= 4 is 22.5 Å². The Bertz CT molecular complexity index is 491. The van der Waals surface area contributed by atoms with Gasteiger partial charge in [-0.25, -0.2) is 10.3 Å². The molecule has 0 heterocycles. The van der Waals surface area contributed by atoms with Crippen molar-refractivity contribution in [2.75, 3.05) is 5.32 Å². The molecular formula is C11H10N2O2. The average Bonchev–Trinajstić information content (AvgIpc) is 2.29. The number of hydroxylamine groups is 1. The Kier molecular flexibility index (Phi) is 2.51. The van der Waals surface area contributed by atoms with Crippen molar-refractivity contribution < 1.29 is 10.0 Å². The normalized spacial score (nSPS) is 9.93. The second-order valence-corrected chi connectivity index (χ2v) is 3.09. The zero-order chi connectivity index (χ0) is 10.7. The maximum Gasteiger partial charge on any atom is 0.342 e. The van der Waals surface area contributed by atoms with Gasteiger partial charge in [-0.05, 0) is 11.5 Å². The van der Waals surface area contributed by atoms with Crippen molar-refractivity contribution in [2.24, 2.45) is 0 Å². The monoisotopic (exact) mass is 202 g/mol. The molecule has 0 unspecified atom stereocenters. The summed E-state index contributed by atoms with van der Waals surface area (Å²) in [7, 11) is 0. The van der Waals surface area contributed by atoms with E-state index in [4.69, 9.17) is 5.21 Å². The molecule has 4 heteroatoms. The molecule has 2 rings (SSSR count). The maximum absolute atomic E-state index is 11.0. The smallest absolute Gasteiger partial charge is 0.306 e. The van der Waals surface area contributed by atoms with E-state index in [2.05, 4.69) is 5.32 Å². The molecule has 4 nitrogen and oxygen atoms in total. The molecular weight excluding hydrogens is 192 g/mol. The highest BCUT2D eigenvalue weighted by Gasteiger charge is 2.02. The fourth-order valence-electron chi connectivity index (χ4n) is 1.48. The number of carbonyl (C=O) groups is 1. The number of rotatable bonds is 1. The van der Waals surface area contributed by atoms with Crippen LogP contribution in [0.3, 0.4) is 0 Å². The fourth-order valence-corrected chi connectivity index (χ4v) is 1.48. The van der Waals surface area contributed by atoms with E-state index in [1.54, 1.807) is 6.07 Å². The van der Waals surface area contributed by atoms with Gasteiger partial charge in [0.15, 0.2) is 0 Å². The predicted molar refractivity (Wildman–Crippen MR) is 57.9 cm³/mol. The third-order valence-corrected chi connectivity index (χ3v) is 2.14. The number of hydrogen-bond acceptors (Lipinski definition) is 2. The molecule has 0 saturated carbocycles. The van der Waals surface area contributed by atoms with Gasteiger partial charge in [-0.2, -0.15) is 0 Å². The lowest BCUT2D eigenvalue weighted by Crippen LogP contribution is -2.25. The number of hydrogen-bond donors (Lipinski definition) is 3. The molecule has 0 aromatic heterocycles. The van der Waals surface area contributed by atoms with Crippen LogP contribution in [0.1, 0.15) is 0 Å². The first-order valence-corrected chi connectivity index (χ1v) is 4.50. The third kappa shape index (κ3) is 1.89. The standard InChI is InChI=1S/C11H10N2O2/c14-11(13-15)12-10-7-3-5-8-4-1-2-6-9(8)10/h1-7,15H,(H2,12,13,14). The summed E-state index contributed by atoms with van der Waals surface area (Å²) in [5.74, 6) is 0. The van der Waals surface area contributed by atoms with Crippen molar-refractivity contribution in [3.05, 3.63) is 42.5 Å². The molecule has 76 valence electrons. The summed E-state index contributed by atoms with van der Waals surface area (Å²) in [4.78, 5) is 11.0. The highest BCUT2D eigenvalue weighted by molar-refractivity contribution is 6.01. The van der Waals surface area contributed by atoms with Gasteiger partial charge in [-0.3, -0.25) is 5.21 Å². The SMILES string of the molecule is O=C(NO)Nc1cccc2ccccc12. The van der Waals surface area contributed by atoms with Crippen LogP contribution in [-0.4, -0.2) is 11.2 Å². The molecule has 2 aromatic carbocycles. The first-order chi connectivity index (χ1) is 7.31. The zero-order valence-corrected chi connectivity index (χ0v) is 7.90. The largest absolute Gasteiger partial charge is 0.342 e. The number of anilines is 1. The summed E-state index contributed by atoms with van der Waals surface area (Å²) in [5.41, 5.74) is 2.19. The van der Waals surface area contributed by atoms with Gasteiger partial charge in [-0.15, -0.1) is 0 Å². The molecule has 0 aliphatic carbocycles. The van der Waals surface area contributed by atoms with Crippen LogP contribution in [0, 0.1) is 0 Å². The summed E-state index contributed by atoms with van der Waals surface area (Å²) in [6.07, 6.45) is 0. The number of urea groups is 1. The van der Waals surface area contributed by atoms with Crippen molar-refractivity contribution in [3.63, 3.8) is 0 Å². The van der Waals surface area contributed by atoms with Crippen molar-refractivity contribution in [1.29, 1.82) is 0 Å². The van der Waals surface area contributed by atoms with E-state index in [9.17, 15) is 4.79 Å². The maximum atomic E-state index is 11.0. The number of benzene rings is 2. The lowest BCUT2D eigenvalue weighted by molar-refractivity contribution is 0.172. The first-order valence-electron chi connectivity index (χ1n) is 4.50. The molecule has 0 bridgehead atoms. The van der Waals surface area contributed by atoms with Crippen LogP contribution in [-0.2, 0) is 0 Å². The van der Waals surface area contributed by atoms with Gasteiger partial charge in [-0.1, -0.05) is 36.4 Å². The molecule has 2 amide bonds. The molecule has 0 aliphatic heterocycles. The number of fused-ring (bicyclic) bond motifs is 1. The van der Waals surface area contributed by atoms with Crippen molar-refractivity contribution in [2.45, 2.75) is 0 Å². The minimum atomic E-state index is -0.647. The number of carbonyl (C=O) groups excluding carboxylic acids is 1. The summed E-state index contributed by atoms with van der Waals surface area (Å²) in [6, 6.07) is 12.6. The molecule has 0 spiro atoms. The number of amides is 2. The summed E-state index contributed by atoms with van der Waals surface area (Å²) in [5, 5.41) is 12.9. The zero-order valence-electron chi connectivity index (χ0n) is 7.90. The number of nitrogens with one attached hydrogen (secondary N) is 2. The Morgan fingerprint density at radius 2 is 1.80 bits per heavy atom. The summed E-state index contributed by atoms with van der Waals surface area (Å²) >= 11 is 0. The van der Waals surface area contributed by atoms with Crippen molar-refractivity contribution in [1.82, 2.24) is 5.48 Å². The molecule has 2 aromatic rings. The predicted octanol–water partition coefficient (Wildman–Crippen LogP) is 2.35. The molecule has 0 radical (unpaired) electrons. The second-order valence-electron chi connectivity index (χ2n) is 3.09. The second kappa shape index (κ2) is 3.98. The van der Waals surface area contributed by atoms with Crippen LogP contribution < -0.4 is 10.8 Å². The van der Waals surface area contributed by atoms with E-state index < -0.39 is 6.03 Å². The summed E-state index contributed by atoms with van der Waals surface area (Å²) < 4.78 is 0. The van der Waals surface area contributed by atoms with Gasteiger partial charge in [0.05, 0.1) is 5.69 Å². The van der Waals surface area contributed by atoms with Crippen LogP contribution in [0.15, 0.2) is 42.5 Å². The Morgan fingerprint density at radius 1 is 1.07 bits per heavy atom. The summed E-state index contributed by atoms with van der Waals surface area (Å²) in [6.45, 7) is 0. The Morgan fingerprint density at radius 3 is 2.60 bits per heavy atom. The fraction of sp³-hybridized carbons (Fsp3) is 0. The van der Waals surface area contributed by atoms with Crippen LogP contribution in [0.25, 0.3) is 10.8 Å². The Labute approximate surface area is 86.5 Å². The molecule has 0 atom stereocenters. The van der Waals surface area contributed by atoms with E-state index in [0.717, 1.165) is 10.8 Å².